The quantitative estimate of drug-likeness (QED) is 0.827. The van der Waals surface area contributed by atoms with Gasteiger partial charge in [-0.1, -0.05) is 24.6 Å². The van der Waals surface area contributed by atoms with Crippen molar-refractivity contribution >= 4 is 17.6 Å². The number of nitrogens with one attached hydrogen (secondary N) is 1. The SMILES string of the molecule is CCC(CO)NC(=O)CN1CCN(c2ccc(C)cc2)C1=O. The number of carbonyl (C=O) groups is 2. The van der Waals surface area contributed by atoms with Gasteiger partial charge in [0, 0.05) is 18.8 Å². The molecule has 1 aromatic rings. The number of carbonyl (C=O) groups excluding carboxylic acids is 2. The van der Waals surface area contributed by atoms with Gasteiger partial charge in [-0.05, 0) is 25.5 Å². The molecule has 0 radical (unpaired) electrons. The molecule has 0 bridgehead atoms. The van der Waals surface area contributed by atoms with E-state index in [4.69, 9.17) is 5.11 Å². The number of amides is 3. The van der Waals surface area contributed by atoms with Crippen LogP contribution in [0, 0.1) is 6.92 Å². The molecule has 1 aliphatic heterocycles. The van der Waals surface area contributed by atoms with Gasteiger partial charge >= 0.3 is 6.03 Å². The third-order valence-corrected chi connectivity index (χ3v) is 3.85. The zero-order chi connectivity index (χ0) is 16.1. The molecule has 1 aliphatic rings. The van der Waals surface area contributed by atoms with E-state index in [0.717, 1.165) is 11.3 Å². The van der Waals surface area contributed by atoms with Gasteiger partial charge in [-0.25, -0.2) is 4.79 Å². The van der Waals surface area contributed by atoms with E-state index in [1.165, 1.54) is 4.90 Å². The lowest BCUT2D eigenvalue weighted by Crippen LogP contribution is -2.44. The number of hydrogen-bond acceptors (Lipinski definition) is 3. The summed E-state index contributed by atoms with van der Waals surface area (Å²) in [5, 5.41) is 11.8. The van der Waals surface area contributed by atoms with Crippen LogP contribution in [-0.4, -0.2) is 54.2 Å². The van der Waals surface area contributed by atoms with E-state index >= 15 is 0 Å². The van der Waals surface area contributed by atoms with Gasteiger partial charge in [0.05, 0.1) is 12.6 Å². The molecule has 1 atom stereocenters. The zero-order valence-electron chi connectivity index (χ0n) is 13.1. The standard InChI is InChI=1S/C16H23N3O3/c1-3-13(11-20)17-15(21)10-18-8-9-19(16(18)22)14-6-4-12(2)5-7-14/h4-7,13,20H,3,8-11H2,1-2H3,(H,17,21). The van der Waals surface area contributed by atoms with Crippen molar-refractivity contribution < 1.29 is 14.7 Å². The zero-order valence-corrected chi connectivity index (χ0v) is 13.1. The molecule has 6 nitrogen and oxygen atoms in total. The fraction of sp³-hybridized carbons (Fsp3) is 0.500. The highest BCUT2D eigenvalue weighted by molar-refractivity contribution is 5.96. The number of aliphatic hydroxyl groups excluding tert-OH is 1. The summed E-state index contributed by atoms with van der Waals surface area (Å²) < 4.78 is 0. The van der Waals surface area contributed by atoms with E-state index in [1.807, 2.05) is 38.1 Å². The fourth-order valence-electron chi connectivity index (χ4n) is 2.42. The van der Waals surface area contributed by atoms with Crippen molar-refractivity contribution in [3.63, 3.8) is 0 Å². The number of aliphatic hydroxyl groups is 1. The predicted octanol–water partition coefficient (Wildman–Crippen LogP) is 1.12. The summed E-state index contributed by atoms with van der Waals surface area (Å²) in [5.41, 5.74) is 1.99. The van der Waals surface area contributed by atoms with Crippen LogP contribution in [0.15, 0.2) is 24.3 Å². The topological polar surface area (TPSA) is 72.9 Å². The molecule has 6 heteroatoms. The Morgan fingerprint density at radius 2 is 2.00 bits per heavy atom. The Bertz CT molecular complexity index is 526. The Labute approximate surface area is 130 Å². The minimum absolute atomic E-state index is 0.0255. The first-order chi connectivity index (χ1) is 10.5. The van der Waals surface area contributed by atoms with Crippen molar-refractivity contribution in [2.75, 3.05) is 31.1 Å². The van der Waals surface area contributed by atoms with Gasteiger partial charge in [-0.3, -0.25) is 9.69 Å². The van der Waals surface area contributed by atoms with Crippen LogP contribution in [0.4, 0.5) is 10.5 Å². The van der Waals surface area contributed by atoms with E-state index in [0.29, 0.717) is 19.5 Å². The van der Waals surface area contributed by atoms with Crippen molar-refractivity contribution in [3.8, 4) is 0 Å². The van der Waals surface area contributed by atoms with E-state index in [9.17, 15) is 9.59 Å². The van der Waals surface area contributed by atoms with Crippen molar-refractivity contribution in [2.45, 2.75) is 26.3 Å². The van der Waals surface area contributed by atoms with Crippen LogP contribution in [-0.2, 0) is 4.79 Å². The second-order valence-corrected chi connectivity index (χ2v) is 5.55. The monoisotopic (exact) mass is 305 g/mol. The normalized spacial score (nSPS) is 16.0. The summed E-state index contributed by atoms with van der Waals surface area (Å²) in [5.74, 6) is -0.236. The Morgan fingerprint density at radius 1 is 1.32 bits per heavy atom. The lowest BCUT2D eigenvalue weighted by molar-refractivity contribution is -0.122. The molecule has 0 spiro atoms. The minimum atomic E-state index is -0.251. The van der Waals surface area contributed by atoms with Crippen LogP contribution in [0.3, 0.4) is 0 Å². The van der Waals surface area contributed by atoms with Crippen LogP contribution in [0.2, 0.25) is 0 Å². The molecule has 2 rings (SSSR count). The van der Waals surface area contributed by atoms with E-state index in [2.05, 4.69) is 5.32 Å². The van der Waals surface area contributed by atoms with Crippen LogP contribution in [0.5, 0.6) is 0 Å². The molecule has 0 aromatic heterocycles. The highest BCUT2D eigenvalue weighted by atomic mass is 16.3. The average Bonchev–Trinajstić information content (AvgIpc) is 2.87. The van der Waals surface area contributed by atoms with Gasteiger partial charge in [0.1, 0.15) is 6.54 Å². The predicted molar refractivity (Wildman–Crippen MR) is 84.8 cm³/mol. The molecule has 120 valence electrons. The first kappa shape index (κ1) is 16.3. The van der Waals surface area contributed by atoms with Gasteiger partial charge in [0.25, 0.3) is 0 Å². The number of nitrogens with zero attached hydrogens (tertiary/aromatic N) is 2. The fourth-order valence-corrected chi connectivity index (χ4v) is 2.42. The average molecular weight is 305 g/mol. The lowest BCUT2D eigenvalue weighted by Gasteiger charge is -2.20. The second kappa shape index (κ2) is 7.26. The third kappa shape index (κ3) is 3.76. The maximum atomic E-state index is 12.4. The van der Waals surface area contributed by atoms with Gasteiger partial charge in [-0.15, -0.1) is 0 Å². The Balaban J connectivity index is 1.94. The van der Waals surface area contributed by atoms with Gasteiger partial charge in [0.15, 0.2) is 0 Å². The molecular weight excluding hydrogens is 282 g/mol. The molecule has 1 unspecified atom stereocenters. The van der Waals surface area contributed by atoms with Crippen molar-refractivity contribution in [1.82, 2.24) is 10.2 Å². The Morgan fingerprint density at radius 3 is 2.59 bits per heavy atom. The summed E-state index contributed by atoms with van der Waals surface area (Å²) >= 11 is 0. The second-order valence-electron chi connectivity index (χ2n) is 5.55. The van der Waals surface area contributed by atoms with Crippen LogP contribution in [0.1, 0.15) is 18.9 Å². The summed E-state index contributed by atoms with van der Waals surface area (Å²) in [7, 11) is 0. The van der Waals surface area contributed by atoms with E-state index < -0.39 is 0 Å². The molecule has 1 aromatic carbocycles. The van der Waals surface area contributed by atoms with Crippen molar-refractivity contribution in [3.05, 3.63) is 29.8 Å². The minimum Gasteiger partial charge on any atom is -0.394 e. The maximum absolute atomic E-state index is 12.4. The summed E-state index contributed by atoms with van der Waals surface area (Å²) in [6, 6.07) is 7.34. The summed E-state index contributed by atoms with van der Waals surface area (Å²) in [6.07, 6.45) is 0.658. The molecule has 1 fully saturated rings. The largest absolute Gasteiger partial charge is 0.394 e. The summed E-state index contributed by atoms with van der Waals surface area (Å²) in [6.45, 7) is 4.92. The number of aryl methyl sites for hydroxylation is 1. The van der Waals surface area contributed by atoms with Gasteiger partial charge < -0.3 is 15.3 Å². The number of anilines is 1. The highest BCUT2D eigenvalue weighted by Gasteiger charge is 2.30. The maximum Gasteiger partial charge on any atom is 0.325 e. The van der Waals surface area contributed by atoms with Crippen LogP contribution in [0.25, 0.3) is 0 Å². The van der Waals surface area contributed by atoms with Crippen LogP contribution < -0.4 is 10.2 Å². The molecule has 0 aliphatic carbocycles. The first-order valence-electron chi connectivity index (χ1n) is 7.58. The number of rotatable bonds is 6. The number of hydrogen-bond donors (Lipinski definition) is 2. The highest BCUT2D eigenvalue weighted by Crippen LogP contribution is 2.20. The first-order valence-corrected chi connectivity index (χ1v) is 7.58. The van der Waals surface area contributed by atoms with E-state index in [-0.39, 0.29) is 31.1 Å². The summed E-state index contributed by atoms with van der Waals surface area (Å²) in [4.78, 5) is 27.5. The molecule has 1 heterocycles. The third-order valence-electron chi connectivity index (χ3n) is 3.85. The Hall–Kier alpha value is -2.08. The molecule has 2 N–H and O–H groups in total. The van der Waals surface area contributed by atoms with Gasteiger partial charge in [-0.2, -0.15) is 0 Å². The molecule has 3 amide bonds. The lowest BCUT2D eigenvalue weighted by atomic mass is 10.2. The smallest absolute Gasteiger partial charge is 0.325 e. The van der Waals surface area contributed by atoms with Gasteiger partial charge in [0.2, 0.25) is 5.91 Å². The van der Waals surface area contributed by atoms with Crippen LogP contribution >= 0.6 is 0 Å². The molecule has 22 heavy (non-hydrogen) atoms. The Kier molecular flexibility index (Phi) is 5.38. The van der Waals surface area contributed by atoms with Crippen molar-refractivity contribution in [1.29, 1.82) is 0 Å². The molecule has 0 saturated carbocycles. The van der Waals surface area contributed by atoms with E-state index in [1.54, 1.807) is 4.90 Å². The van der Waals surface area contributed by atoms with Crippen molar-refractivity contribution in [2.24, 2.45) is 0 Å². The number of urea groups is 1. The molecule has 1 saturated heterocycles. The molecular formula is C16H23N3O3. The number of benzene rings is 1.